The molecule has 5 nitrogen and oxygen atoms in total. The molecule has 1 aliphatic heterocycles. The molecule has 0 fully saturated rings. The summed E-state index contributed by atoms with van der Waals surface area (Å²) in [6.45, 7) is 4.42. The lowest BCUT2D eigenvalue weighted by molar-refractivity contribution is -0.149. The van der Waals surface area contributed by atoms with E-state index in [1.807, 2.05) is 72.8 Å². The number of nitrogens with zero attached hydrogens (tertiary/aromatic N) is 1. The second-order valence-corrected chi connectivity index (χ2v) is 11.5. The molecule has 0 amide bonds. The highest BCUT2D eigenvalue weighted by molar-refractivity contribution is 8.14. The van der Waals surface area contributed by atoms with Crippen LogP contribution in [0.3, 0.4) is 0 Å². The van der Waals surface area contributed by atoms with Crippen molar-refractivity contribution in [1.82, 2.24) is 0 Å². The van der Waals surface area contributed by atoms with Crippen LogP contribution < -0.4 is 0 Å². The van der Waals surface area contributed by atoms with Gasteiger partial charge in [-0.1, -0.05) is 128 Å². The summed E-state index contributed by atoms with van der Waals surface area (Å²) in [6, 6.07) is 40.7. The molecule has 0 N–H and O–H groups in total. The Morgan fingerprint density at radius 1 is 0.548 bits per heavy atom. The largest absolute Gasteiger partial charge is 0.374 e. The fraction of sp³-hybridized carbons (Fsp3) is 0.306. The third kappa shape index (κ3) is 8.87. The average molecular weight is 582 g/mol. The zero-order valence-electron chi connectivity index (χ0n) is 24.1. The van der Waals surface area contributed by atoms with Crippen molar-refractivity contribution in [1.29, 1.82) is 0 Å². The van der Waals surface area contributed by atoms with Gasteiger partial charge in [-0.25, -0.2) is 0 Å². The number of benzene rings is 4. The van der Waals surface area contributed by atoms with Gasteiger partial charge in [0.1, 0.15) is 24.4 Å². The Balaban J connectivity index is 1.43. The standard InChI is InChI=1S/C36H39NO4S/c1-2-42-36-35(41-26-31-21-13-6-14-22-31)34(40-25-30-19-11-5-12-20-30)33(39-24-29-17-9-4-10-18-29)32(37-36)27-38-23-28-15-7-3-8-16-28/h3-22,32-35H,2,23-27H2,1H3/t32-,33+,34+,35-/m1/s1. The van der Waals surface area contributed by atoms with Gasteiger partial charge in [0.15, 0.2) is 0 Å². The molecule has 4 aromatic rings. The molecule has 0 radical (unpaired) electrons. The molecule has 4 aromatic carbocycles. The molecule has 0 bridgehead atoms. The van der Waals surface area contributed by atoms with Crippen molar-refractivity contribution in [2.24, 2.45) is 4.99 Å². The lowest BCUT2D eigenvalue weighted by Gasteiger charge is -2.40. The van der Waals surface area contributed by atoms with Gasteiger partial charge in [-0.15, -0.1) is 11.8 Å². The minimum atomic E-state index is -0.380. The van der Waals surface area contributed by atoms with Crippen LogP contribution in [0.15, 0.2) is 126 Å². The molecular formula is C36H39NO4S. The zero-order valence-corrected chi connectivity index (χ0v) is 24.9. The van der Waals surface area contributed by atoms with E-state index in [-0.39, 0.29) is 24.4 Å². The summed E-state index contributed by atoms with van der Waals surface area (Å²) in [4.78, 5) is 5.22. The first-order valence-corrected chi connectivity index (χ1v) is 15.6. The van der Waals surface area contributed by atoms with Crippen molar-refractivity contribution in [3.8, 4) is 0 Å². The van der Waals surface area contributed by atoms with Gasteiger partial charge in [0.25, 0.3) is 0 Å². The van der Waals surface area contributed by atoms with Crippen LogP contribution in [0.25, 0.3) is 0 Å². The smallest absolute Gasteiger partial charge is 0.134 e. The fourth-order valence-electron chi connectivity index (χ4n) is 4.96. The normalized spacial score (nSPS) is 20.3. The van der Waals surface area contributed by atoms with E-state index in [9.17, 15) is 0 Å². The minimum absolute atomic E-state index is 0.246. The lowest BCUT2D eigenvalue weighted by atomic mass is 9.97. The monoisotopic (exact) mass is 581 g/mol. The van der Waals surface area contributed by atoms with E-state index >= 15 is 0 Å². The van der Waals surface area contributed by atoms with Crippen LogP contribution in [0.5, 0.6) is 0 Å². The minimum Gasteiger partial charge on any atom is -0.374 e. The predicted molar refractivity (Wildman–Crippen MR) is 171 cm³/mol. The quantitative estimate of drug-likeness (QED) is 0.154. The molecule has 6 heteroatoms. The summed E-state index contributed by atoms with van der Waals surface area (Å²) < 4.78 is 26.3. The maximum absolute atomic E-state index is 6.74. The van der Waals surface area contributed by atoms with Gasteiger partial charge in [-0.3, -0.25) is 4.99 Å². The Morgan fingerprint density at radius 2 is 0.976 bits per heavy atom. The molecule has 1 aliphatic rings. The van der Waals surface area contributed by atoms with Crippen molar-refractivity contribution in [3.63, 3.8) is 0 Å². The van der Waals surface area contributed by atoms with Crippen molar-refractivity contribution >= 4 is 16.8 Å². The number of thioether (sulfide) groups is 1. The lowest BCUT2D eigenvalue weighted by Crippen LogP contribution is -2.55. The van der Waals surface area contributed by atoms with E-state index in [4.69, 9.17) is 23.9 Å². The molecule has 4 atom stereocenters. The first-order chi connectivity index (χ1) is 20.8. The highest BCUT2D eigenvalue weighted by Crippen LogP contribution is 2.31. The Morgan fingerprint density at radius 3 is 1.45 bits per heavy atom. The second kappa shape index (κ2) is 16.4. The van der Waals surface area contributed by atoms with Gasteiger partial charge < -0.3 is 18.9 Å². The highest BCUT2D eigenvalue weighted by Gasteiger charge is 2.44. The number of hydrogen-bond donors (Lipinski definition) is 0. The van der Waals surface area contributed by atoms with Gasteiger partial charge in [-0.2, -0.15) is 0 Å². The summed E-state index contributed by atoms with van der Waals surface area (Å²) in [5.41, 5.74) is 4.44. The fourth-order valence-corrected chi connectivity index (χ4v) is 5.83. The van der Waals surface area contributed by atoms with Gasteiger partial charge in [-0.05, 0) is 28.0 Å². The van der Waals surface area contributed by atoms with Crippen LogP contribution in [0.2, 0.25) is 0 Å². The third-order valence-corrected chi connectivity index (χ3v) is 8.00. The van der Waals surface area contributed by atoms with E-state index in [2.05, 4.69) is 55.5 Å². The van der Waals surface area contributed by atoms with Crippen LogP contribution in [-0.4, -0.2) is 41.8 Å². The predicted octanol–water partition coefficient (Wildman–Crippen LogP) is 7.49. The van der Waals surface area contributed by atoms with Crippen LogP contribution in [0, 0.1) is 0 Å². The van der Waals surface area contributed by atoms with Crippen LogP contribution in [-0.2, 0) is 45.4 Å². The van der Waals surface area contributed by atoms with E-state index in [0.717, 1.165) is 33.1 Å². The Kier molecular flexibility index (Phi) is 11.8. The molecule has 0 aliphatic carbocycles. The van der Waals surface area contributed by atoms with Gasteiger partial charge in [0, 0.05) is 0 Å². The Labute approximate surface area is 253 Å². The van der Waals surface area contributed by atoms with Crippen LogP contribution in [0.1, 0.15) is 29.2 Å². The first kappa shape index (κ1) is 30.2. The summed E-state index contributed by atoms with van der Waals surface area (Å²) in [5.74, 6) is 0.878. The second-order valence-electron chi connectivity index (χ2n) is 10.2. The molecule has 0 saturated carbocycles. The summed E-state index contributed by atoms with van der Waals surface area (Å²) in [5, 5.41) is 0.930. The molecule has 218 valence electrons. The number of aliphatic imine (C=N–C) groups is 1. The number of ether oxygens (including phenoxy) is 4. The number of hydrogen-bond acceptors (Lipinski definition) is 6. The van der Waals surface area contributed by atoms with E-state index < -0.39 is 0 Å². The van der Waals surface area contributed by atoms with Crippen LogP contribution >= 0.6 is 11.8 Å². The van der Waals surface area contributed by atoms with Gasteiger partial charge in [0.2, 0.25) is 0 Å². The van der Waals surface area contributed by atoms with Crippen molar-refractivity contribution in [2.75, 3.05) is 12.4 Å². The first-order valence-electron chi connectivity index (χ1n) is 14.6. The summed E-state index contributed by atoms with van der Waals surface area (Å²) >= 11 is 1.70. The van der Waals surface area contributed by atoms with Crippen molar-refractivity contribution < 1.29 is 18.9 Å². The Hall–Kier alpha value is -3.26. The van der Waals surface area contributed by atoms with Gasteiger partial charge in [0.05, 0.1) is 38.1 Å². The van der Waals surface area contributed by atoms with E-state index in [0.29, 0.717) is 33.0 Å². The maximum atomic E-state index is 6.74. The molecule has 0 unspecified atom stereocenters. The van der Waals surface area contributed by atoms with Crippen LogP contribution in [0.4, 0.5) is 0 Å². The van der Waals surface area contributed by atoms with Crippen molar-refractivity contribution in [3.05, 3.63) is 144 Å². The van der Waals surface area contributed by atoms with Crippen molar-refractivity contribution in [2.45, 2.75) is 57.7 Å². The number of rotatable bonds is 14. The molecule has 0 spiro atoms. The topological polar surface area (TPSA) is 49.3 Å². The zero-order chi connectivity index (χ0) is 28.8. The molecule has 1 heterocycles. The van der Waals surface area contributed by atoms with E-state index in [1.54, 1.807) is 11.8 Å². The molecule has 0 saturated heterocycles. The van der Waals surface area contributed by atoms with E-state index in [1.165, 1.54) is 0 Å². The maximum Gasteiger partial charge on any atom is 0.134 e. The molecular weight excluding hydrogens is 542 g/mol. The average Bonchev–Trinajstić information content (AvgIpc) is 3.05. The Bertz CT molecular complexity index is 1340. The van der Waals surface area contributed by atoms with Gasteiger partial charge >= 0.3 is 0 Å². The third-order valence-electron chi connectivity index (χ3n) is 7.07. The SMILES string of the molecule is CCSC1=N[C@H](COCc2ccccc2)[C@H](OCc2ccccc2)[C@H](OCc2ccccc2)[C@H]1OCc1ccccc1. The molecule has 42 heavy (non-hydrogen) atoms. The summed E-state index contributed by atoms with van der Waals surface area (Å²) in [7, 11) is 0. The molecule has 0 aromatic heterocycles. The highest BCUT2D eigenvalue weighted by atomic mass is 32.2. The molecule has 5 rings (SSSR count). The summed E-state index contributed by atoms with van der Waals surface area (Å²) in [6.07, 6.45) is -1.12.